The number of piperidine rings is 1. The fraction of sp³-hybridized carbons (Fsp3) is 0.625. The van der Waals surface area contributed by atoms with Gasteiger partial charge in [-0.25, -0.2) is 0 Å². The zero-order valence-corrected chi connectivity index (χ0v) is 13.0. The van der Waals surface area contributed by atoms with Crippen LogP contribution in [0.4, 0.5) is 0 Å². The first-order valence-corrected chi connectivity index (χ1v) is 7.89. The molecule has 3 nitrogen and oxygen atoms in total. The van der Waals surface area contributed by atoms with Gasteiger partial charge in [0, 0.05) is 24.7 Å². The second-order valence-electron chi connectivity index (χ2n) is 5.69. The lowest BCUT2D eigenvalue weighted by molar-refractivity contribution is 0.0821. The van der Waals surface area contributed by atoms with E-state index < -0.39 is 0 Å². The molecular weight excluding hydrogens is 272 g/mol. The standard InChI is InChI=1S/C16H25ClN2O/c1-13-11-14(3-4-16(13)17)12-18-7-2-8-19-9-5-15(20)6-10-19/h3-4,11,15,18,20H,2,5-10,12H2,1H3. The average molecular weight is 297 g/mol. The third-order valence-corrected chi connectivity index (χ3v) is 4.36. The van der Waals surface area contributed by atoms with E-state index in [1.54, 1.807) is 0 Å². The lowest BCUT2D eigenvalue weighted by Crippen LogP contribution is -2.37. The van der Waals surface area contributed by atoms with Gasteiger partial charge in [-0.05, 0) is 56.5 Å². The van der Waals surface area contributed by atoms with Crippen LogP contribution in [0.1, 0.15) is 30.4 Å². The third kappa shape index (κ3) is 5.06. The van der Waals surface area contributed by atoms with Crippen molar-refractivity contribution in [3.8, 4) is 0 Å². The van der Waals surface area contributed by atoms with E-state index >= 15 is 0 Å². The van der Waals surface area contributed by atoms with Crippen molar-refractivity contribution in [2.75, 3.05) is 26.2 Å². The number of nitrogens with one attached hydrogen (secondary N) is 1. The van der Waals surface area contributed by atoms with E-state index in [2.05, 4.69) is 22.3 Å². The molecule has 0 amide bonds. The van der Waals surface area contributed by atoms with Crippen molar-refractivity contribution in [1.82, 2.24) is 10.2 Å². The number of benzene rings is 1. The summed E-state index contributed by atoms with van der Waals surface area (Å²) in [6, 6.07) is 6.18. The zero-order valence-electron chi connectivity index (χ0n) is 12.2. The monoisotopic (exact) mass is 296 g/mol. The van der Waals surface area contributed by atoms with E-state index in [9.17, 15) is 5.11 Å². The second-order valence-corrected chi connectivity index (χ2v) is 6.09. The number of hydrogen-bond donors (Lipinski definition) is 2. The molecule has 0 atom stereocenters. The van der Waals surface area contributed by atoms with Gasteiger partial charge in [0.1, 0.15) is 0 Å². The summed E-state index contributed by atoms with van der Waals surface area (Å²) in [5.74, 6) is 0. The first-order valence-electron chi connectivity index (χ1n) is 7.51. The van der Waals surface area contributed by atoms with E-state index in [1.165, 1.54) is 5.56 Å². The molecule has 1 saturated heterocycles. The molecule has 4 heteroatoms. The van der Waals surface area contributed by atoms with Crippen molar-refractivity contribution in [3.63, 3.8) is 0 Å². The van der Waals surface area contributed by atoms with Crippen LogP contribution in [0.25, 0.3) is 0 Å². The van der Waals surface area contributed by atoms with Gasteiger partial charge in [-0.15, -0.1) is 0 Å². The van der Waals surface area contributed by atoms with Gasteiger partial charge in [0.05, 0.1) is 6.10 Å². The molecule has 1 aliphatic rings. The molecule has 1 aliphatic heterocycles. The predicted molar refractivity (Wildman–Crippen MR) is 84.2 cm³/mol. The van der Waals surface area contributed by atoms with Gasteiger partial charge in [0.25, 0.3) is 0 Å². The van der Waals surface area contributed by atoms with Crippen LogP contribution in [-0.2, 0) is 6.54 Å². The lowest BCUT2D eigenvalue weighted by atomic mass is 10.1. The van der Waals surface area contributed by atoms with Gasteiger partial charge in [-0.3, -0.25) is 0 Å². The highest BCUT2D eigenvalue weighted by molar-refractivity contribution is 6.31. The highest BCUT2D eigenvalue weighted by Crippen LogP contribution is 2.16. The first-order chi connectivity index (χ1) is 9.65. The fourth-order valence-corrected chi connectivity index (χ4v) is 2.74. The summed E-state index contributed by atoms with van der Waals surface area (Å²) in [5.41, 5.74) is 2.42. The average Bonchev–Trinajstić information content (AvgIpc) is 2.44. The van der Waals surface area contributed by atoms with Gasteiger partial charge in [-0.1, -0.05) is 23.7 Å². The minimum Gasteiger partial charge on any atom is -0.393 e. The molecule has 1 fully saturated rings. The topological polar surface area (TPSA) is 35.5 Å². The minimum atomic E-state index is -0.0717. The number of rotatable bonds is 6. The summed E-state index contributed by atoms with van der Waals surface area (Å²) >= 11 is 6.02. The lowest BCUT2D eigenvalue weighted by Gasteiger charge is -2.29. The molecule has 20 heavy (non-hydrogen) atoms. The second kappa shape index (κ2) is 7.99. The van der Waals surface area contributed by atoms with Crippen LogP contribution in [-0.4, -0.2) is 42.3 Å². The van der Waals surface area contributed by atoms with Gasteiger partial charge < -0.3 is 15.3 Å². The van der Waals surface area contributed by atoms with Gasteiger partial charge in [-0.2, -0.15) is 0 Å². The molecule has 0 radical (unpaired) electrons. The maximum atomic E-state index is 9.46. The Bertz CT molecular complexity index is 417. The van der Waals surface area contributed by atoms with E-state index in [1.807, 2.05) is 13.0 Å². The third-order valence-electron chi connectivity index (χ3n) is 3.94. The van der Waals surface area contributed by atoms with Gasteiger partial charge >= 0.3 is 0 Å². The Morgan fingerprint density at radius 3 is 2.80 bits per heavy atom. The summed E-state index contributed by atoms with van der Waals surface area (Å²) in [6.45, 7) is 7.17. The Kier molecular flexibility index (Phi) is 6.30. The number of hydrogen-bond acceptors (Lipinski definition) is 3. The molecule has 2 N–H and O–H groups in total. The maximum absolute atomic E-state index is 9.46. The minimum absolute atomic E-state index is 0.0717. The van der Waals surface area contributed by atoms with Crippen molar-refractivity contribution in [2.45, 2.75) is 38.8 Å². The van der Waals surface area contributed by atoms with E-state index in [-0.39, 0.29) is 6.10 Å². The molecule has 0 saturated carbocycles. The zero-order chi connectivity index (χ0) is 14.4. The summed E-state index contributed by atoms with van der Waals surface area (Å²) in [5, 5.41) is 13.8. The largest absolute Gasteiger partial charge is 0.393 e. The molecule has 112 valence electrons. The summed E-state index contributed by atoms with van der Waals surface area (Å²) in [6.07, 6.45) is 2.94. The van der Waals surface area contributed by atoms with Crippen molar-refractivity contribution in [2.24, 2.45) is 0 Å². The van der Waals surface area contributed by atoms with Crippen LogP contribution in [0.2, 0.25) is 5.02 Å². The SMILES string of the molecule is Cc1cc(CNCCCN2CCC(O)CC2)ccc1Cl. The van der Waals surface area contributed by atoms with E-state index in [0.717, 1.165) is 62.6 Å². The smallest absolute Gasteiger partial charge is 0.0564 e. The van der Waals surface area contributed by atoms with E-state index in [0.29, 0.717) is 0 Å². The maximum Gasteiger partial charge on any atom is 0.0564 e. The normalized spacial score (nSPS) is 17.6. The number of nitrogens with zero attached hydrogens (tertiary/aromatic N) is 1. The number of aliphatic hydroxyl groups is 1. The Morgan fingerprint density at radius 1 is 1.35 bits per heavy atom. The van der Waals surface area contributed by atoms with Crippen LogP contribution in [0, 0.1) is 6.92 Å². The number of halogens is 1. The van der Waals surface area contributed by atoms with Gasteiger partial charge in [0.2, 0.25) is 0 Å². The van der Waals surface area contributed by atoms with Crippen LogP contribution < -0.4 is 5.32 Å². The van der Waals surface area contributed by atoms with Crippen LogP contribution in [0.15, 0.2) is 18.2 Å². The highest BCUT2D eigenvalue weighted by Gasteiger charge is 2.15. The van der Waals surface area contributed by atoms with Crippen molar-refractivity contribution in [1.29, 1.82) is 0 Å². The molecule has 1 aromatic carbocycles. The highest BCUT2D eigenvalue weighted by atomic mass is 35.5. The number of aliphatic hydroxyl groups excluding tert-OH is 1. The Balaban J connectivity index is 1.58. The number of likely N-dealkylation sites (tertiary alicyclic amines) is 1. The van der Waals surface area contributed by atoms with Gasteiger partial charge in [0.15, 0.2) is 0 Å². The van der Waals surface area contributed by atoms with Crippen molar-refractivity contribution < 1.29 is 5.11 Å². The molecule has 0 spiro atoms. The van der Waals surface area contributed by atoms with Crippen molar-refractivity contribution >= 4 is 11.6 Å². The Hall–Kier alpha value is -0.610. The molecule has 1 aromatic rings. The predicted octanol–water partition coefficient (Wildman–Crippen LogP) is 2.58. The van der Waals surface area contributed by atoms with Crippen LogP contribution in [0.3, 0.4) is 0 Å². The molecule has 2 rings (SSSR count). The fourth-order valence-electron chi connectivity index (χ4n) is 2.62. The first kappa shape index (κ1) is 15.8. The molecule has 0 aromatic heterocycles. The number of aryl methyl sites for hydroxylation is 1. The molecule has 1 heterocycles. The van der Waals surface area contributed by atoms with Crippen molar-refractivity contribution in [3.05, 3.63) is 34.3 Å². The molecule has 0 aliphatic carbocycles. The van der Waals surface area contributed by atoms with Crippen LogP contribution in [0.5, 0.6) is 0 Å². The van der Waals surface area contributed by atoms with E-state index in [4.69, 9.17) is 11.6 Å². The molecular formula is C16H25ClN2O. The molecule has 0 unspecified atom stereocenters. The summed E-state index contributed by atoms with van der Waals surface area (Å²) in [7, 11) is 0. The quantitative estimate of drug-likeness (QED) is 0.792. The Labute approximate surface area is 126 Å². The molecule has 0 bridgehead atoms. The van der Waals surface area contributed by atoms with Crippen LogP contribution >= 0.6 is 11.6 Å². The summed E-state index contributed by atoms with van der Waals surface area (Å²) in [4.78, 5) is 2.45. The summed E-state index contributed by atoms with van der Waals surface area (Å²) < 4.78 is 0. The Morgan fingerprint density at radius 2 is 2.10 bits per heavy atom.